The van der Waals surface area contributed by atoms with Gasteiger partial charge in [0, 0.05) is 0 Å². The Hall–Kier alpha value is 2.09. The molecule has 0 heterocycles. The van der Waals surface area contributed by atoms with Crippen molar-refractivity contribution in [2.45, 2.75) is 0 Å². The van der Waals surface area contributed by atoms with Gasteiger partial charge in [-0.2, -0.15) is 0 Å². The quantitative estimate of drug-likeness (QED) is 0.403. The van der Waals surface area contributed by atoms with E-state index in [1.54, 1.807) is 0 Å². The summed E-state index contributed by atoms with van der Waals surface area (Å²) in [4.78, 5) is 2.00. The monoisotopic (exact) mass is 167 g/mol. The van der Waals surface area contributed by atoms with Crippen LogP contribution in [0, 0.1) is 0 Å². The van der Waals surface area contributed by atoms with Crippen molar-refractivity contribution in [2.24, 2.45) is 0 Å². The molecule has 0 spiro atoms. The smallest absolute Gasteiger partial charge is 0.312 e. The summed E-state index contributed by atoms with van der Waals surface area (Å²) in [6.07, 6.45) is 0. The van der Waals surface area contributed by atoms with Crippen LogP contribution < -0.4 is 0 Å². The van der Waals surface area contributed by atoms with Gasteiger partial charge < -0.3 is 4.90 Å². The van der Waals surface area contributed by atoms with Gasteiger partial charge in [0.05, 0.1) is 0 Å². The largest absolute Gasteiger partial charge is 3.00 e. The molecule has 0 aromatic rings. The standard InChI is InChI=1S/C3H9N.4Al/c1-4(2)3;;;;/h1-3H3;;;;/q;4*+3. The van der Waals surface area contributed by atoms with Crippen LogP contribution in [-0.2, 0) is 0 Å². The molecule has 0 atom stereocenters. The van der Waals surface area contributed by atoms with Crippen LogP contribution in [0.3, 0.4) is 0 Å². The van der Waals surface area contributed by atoms with Crippen LogP contribution in [0.2, 0.25) is 0 Å². The average molecular weight is 167 g/mol. The van der Waals surface area contributed by atoms with Gasteiger partial charge in [0.25, 0.3) is 0 Å². The first-order valence-electron chi connectivity index (χ1n) is 1.34. The first kappa shape index (κ1) is 32.2. The Labute approximate surface area is 94.7 Å². The van der Waals surface area contributed by atoms with Gasteiger partial charge in [0.15, 0.2) is 0 Å². The molecule has 0 unspecified atom stereocenters. The zero-order chi connectivity index (χ0) is 3.58. The number of hydrogen-bond acceptors (Lipinski definition) is 1. The molecule has 0 bridgehead atoms. The maximum absolute atomic E-state index is 2.00. The zero-order valence-electron chi connectivity index (χ0n) is 5.76. The summed E-state index contributed by atoms with van der Waals surface area (Å²) in [6, 6.07) is 0. The van der Waals surface area contributed by atoms with Crippen molar-refractivity contribution in [3.8, 4) is 0 Å². The molecule has 0 aliphatic rings. The molecule has 0 saturated heterocycles. The van der Waals surface area contributed by atoms with Gasteiger partial charge in [-0.3, -0.25) is 0 Å². The molecule has 0 N–H and O–H groups in total. The van der Waals surface area contributed by atoms with Crippen LogP contribution in [0.5, 0.6) is 0 Å². The van der Waals surface area contributed by atoms with Crippen molar-refractivity contribution in [3.05, 3.63) is 0 Å². The predicted molar refractivity (Wildman–Crippen MR) is 42.6 cm³/mol. The molecule has 0 amide bonds. The molecule has 8 heavy (non-hydrogen) atoms. The minimum atomic E-state index is 0. The SMILES string of the molecule is CN(C)C.[Al+3].[Al+3].[Al+3].[Al+3]. The fourth-order valence-corrected chi connectivity index (χ4v) is 0. The Kier molecular flexibility index (Phi) is 92.4. The summed E-state index contributed by atoms with van der Waals surface area (Å²) in [5, 5.41) is 0. The summed E-state index contributed by atoms with van der Waals surface area (Å²) in [7, 11) is 6.00. The minimum absolute atomic E-state index is 0. The Bertz CT molecular complexity index is 16.0. The first-order chi connectivity index (χ1) is 1.73. The zero-order valence-corrected chi connectivity index (χ0v) is 10.4. The molecular formula is C3H9Al4N+12. The van der Waals surface area contributed by atoms with E-state index in [2.05, 4.69) is 0 Å². The van der Waals surface area contributed by atoms with E-state index in [0.717, 1.165) is 0 Å². The van der Waals surface area contributed by atoms with Gasteiger partial charge in [0.2, 0.25) is 0 Å². The van der Waals surface area contributed by atoms with Crippen molar-refractivity contribution < 1.29 is 0 Å². The Morgan fingerprint density at radius 1 is 0.625 bits per heavy atom. The summed E-state index contributed by atoms with van der Waals surface area (Å²) in [5.74, 6) is 0. The van der Waals surface area contributed by atoms with Gasteiger partial charge in [0.1, 0.15) is 0 Å². The third-order valence-corrected chi connectivity index (χ3v) is 0. The number of hydrogen-bond donors (Lipinski definition) is 0. The maximum Gasteiger partial charge on any atom is 3.00 e. The van der Waals surface area contributed by atoms with E-state index in [1.165, 1.54) is 0 Å². The third-order valence-electron chi connectivity index (χ3n) is 0. The van der Waals surface area contributed by atoms with Crippen LogP contribution in [-0.4, -0.2) is 95.5 Å². The molecule has 5 heteroatoms. The van der Waals surface area contributed by atoms with Gasteiger partial charge in [-0.25, -0.2) is 0 Å². The third kappa shape index (κ3) is 93.1. The average Bonchev–Trinajstić information content (AvgIpc) is 0.811. The second kappa shape index (κ2) is 23.0. The molecule has 0 radical (unpaired) electrons. The maximum atomic E-state index is 2.00. The Balaban J connectivity index is -0.00000000750. The van der Waals surface area contributed by atoms with Crippen LogP contribution >= 0.6 is 0 Å². The fourth-order valence-electron chi connectivity index (χ4n) is 0. The van der Waals surface area contributed by atoms with Gasteiger partial charge in [-0.15, -0.1) is 0 Å². The van der Waals surface area contributed by atoms with E-state index in [1.807, 2.05) is 26.0 Å². The number of nitrogens with zero attached hydrogens (tertiary/aromatic N) is 1. The van der Waals surface area contributed by atoms with E-state index < -0.39 is 0 Å². The van der Waals surface area contributed by atoms with E-state index in [0.29, 0.717) is 0 Å². The molecule has 0 aliphatic carbocycles. The van der Waals surface area contributed by atoms with Crippen molar-refractivity contribution in [3.63, 3.8) is 0 Å². The summed E-state index contributed by atoms with van der Waals surface area (Å²) < 4.78 is 0. The van der Waals surface area contributed by atoms with E-state index in [-0.39, 0.29) is 69.4 Å². The van der Waals surface area contributed by atoms with Crippen molar-refractivity contribution in [1.82, 2.24) is 4.90 Å². The second-order valence-electron chi connectivity index (χ2n) is 1.34. The van der Waals surface area contributed by atoms with Gasteiger partial charge in [-0.1, -0.05) is 0 Å². The van der Waals surface area contributed by atoms with Crippen LogP contribution in [0.1, 0.15) is 0 Å². The van der Waals surface area contributed by atoms with Crippen molar-refractivity contribution >= 4 is 69.4 Å². The molecule has 0 aromatic heterocycles. The van der Waals surface area contributed by atoms with Crippen LogP contribution in [0.4, 0.5) is 0 Å². The van der Waals surface area contributed by atoms with E-state index in [4.69, 9.17) is 0 Å². The molecule has 0 fully saturated rings. The normalized spacial score (nSPS) is 4.50. The van der Waals surface area contributed by atoms with Crippen LogP contribution in [0.15, 0.2) is 0 Å². The first-order valence-corrected chi connectivity index (χ1v) is 1.34. The summed E-state index contributed by atoms with van der Waals surface area (Å²) in [5.41, 5.74) is 0. The molecular weight excluding hydrogens is 158 g/mol. The topological polar surface area (TPSA) is 3.24 Å². The molecule has 0 saturated carbocycles. The molecule has 1 nitrogen and oxygen atoms in total. The Morgan fingerprint density at radius 3 is 0.625 bits per heavy atom. The van der Waals surface area contributed by atoms with E-state index in [9.17, 15) is 0 Å². The van der Waals surface area contributed by atoms with Crippen LogP contribution in [0.25, 0.3) is 0 Å². The second-order valence-corrected chi connectivity index (χ2v) is 1.34. The van der Waals surface area contributed by atoms with E-state index >= 15 is 0 Å². The number of rotatable bonds is 0. The molecule has 0 rings (SSSR count). The van der Waals surface area contributed by atoms with Crippen molar-refractivity contribution in [1.29, 1.82) is 0 Å². The van der Waals surface area contributed by atoms with Gasteiger partial charge in [-0.05, 0) is 21.1 Å². The minimum Gasteiger partial charge on any atom is -0.312 e. The summed E-state index contributed by atoms with van der Waals surface area (Å²) >= 11 is 0. The fraction of sp³-hybridized carbons (Fsp3) is 1.00. The predicted octanol–water partition coefficient (Wildman–Crippen LogP) is -1.35. The van der Waals surface area contributed by atoms with Crippen molar-refractivity contribution in [2.75, 3.05) is 21.1 Å². The van der Waals surface area contributed by atoms with Gasteiger partial charge >= 0.3 is 69.4 Å². The molecule has 26 valence electrons. The summed E-state index contributed by atoms with van der Waals surface area (Å²) in [6.45, 7) is 0. The Morgan fingerprint density at radius 2 is 0.625 bits per heavy atom. The molecule has 0 aromatic carbocycles. The molecule has 0 aliphatic heterocycles.